The summed E-state index contributed by atoms with van der Waals surface area (Å²) in [7, 11) is -0.940. The van der Waals surface area contributed by atoms with Crippen molar-refractivity contribution in [1.82, 2.24) is 10.0 Å². The molecule has 1 aromatic rings. The molecule has 0 saturated carbocycles. The van der Waals surface area contributed by atoms with Gasteiger partial charge in [0.05, 0.1) is 25.7 Å². The first kappa shape index (κ1) is 18.2. The molecule has 0 aliphatic carbocycles. The number of rotatable bonds is 6. The number of hydrogen-bond acceptors (Lipinski definition) is 5. The largest absolute Gasteiger partial charge is 0.493 e. The van der Waals surface area contributed by atoms with Crippen LogP contribution in [0.25, 0.3) is 0 Å². The van der Waals surface area contributed by atoms with Gasteiger partial charge in [0.1, 0.15) is 0 Å². The molecular formula is C14H22N2O5S. The van der Waals surface area contributed by atoms with Crippen LogP contribution in [-0.2, 0) is 14.8 Å². The second-order valence-corrected chi connectivity index (χ2v) is 7.41. The molecule has 0 aromatic heterocycles. The maximum absolute atomic E-state index is 12.2. The number of nitrogens with one attached hydrogen (secondary N) is 2. The fourth-order valence-electron chi connectivity index (χ4n) is 1.69. The van der Waals surface area contributed by atoms with E-state index in [2.05, 4.69) is 10.0 Å². The zero-order chi connectivity index (χ0) is 17.0. The first-order valence-electron chi connectivity index (χ1n) is 6.62. The summed E-state index contributed by atoms with van der Waals surface area (Å²) in [5, 5.41) is 2.67. The van der Waals surface area contributed by atoms with E-state index < -0.39 is 21.5 Å². The molecule has 0 atom stereocenters. The van der Waals surface area contributed by atoms with Crippen molar-refractivity contribution in [2.45, 2.75) is 31.2 Å². The number of hydrogen-bond donors (Lipinski definition) is 2. The Kier molecular flexibility index (Phi) is 5.78. The third-order valence-corrected chi connectivity index (χ3v) is 4.00. The van der Waals surface area contributed by atoms with Gasteiger partial charge in [-0.1, -0.05) is 0 Å². The van der Waals surface area contributed by atoms with E-state index in [1.165, 1.54) is 32.4 Å². The van der Waals surface area contributed by atoms with Crippen LogP contribution in [0, 0.1) is 0 Å². The zero-order valence-corrected chi connectivity index (χ0v) is 14.2. The summed E-state index contributed by atoms with van der Waals surface area (Å²) in [4.78, 5) is 11.7. The van der Waals surface area contributed by atoms with Crippen LogP contribution in [0.2, 0.25) is 0 Å². The van der Waals surface area contributed by atoms with Crippen LogP contribution in [-0.4, -0.2) is 40.6 Å². The Morgan fingerprint density at radius 1 is 1.14 bits per heavy atom. The van der Waals surface area contributed by atoms with Gasteiger partial charge in [0.25, 0.3) is 0 Å². The molecule has 0 fully saturated rings. The lowest BCUT2D eigenvalue weighted by Gasteiger charge is -2.20. The van der Waals surface area contributed by atoms with E-state index in [4.69, 9.17) is 9.47 Å². The minimum Gasteiger partial charge on any atom is -0.493 e. The highest BCUT2D eigenvalue weighted by atomic mass is 32.2. The Balaban J connectivity index is 2.85. The van der Waals surface area contributed by atoms with Crippen molar-refractivity contribution in [3.63, 3.8) is 0 Å². The maximum atomic E-state index is 12.2. The lowest BCUT2D eigenvalue weighted by molar-refractivity contribution is -0.121. The average Bonchev–Trinajstić information content (AvgIpc) is 2.42. The molecule has 0 spiro atoms. The molecule has 1 rings (SSSR count). The molecule has 22 heavy (non-hydrogen) atoms. The van der Waals surface area contributed by atoms with Gasteiger partial charge >= 0.3 is 0 Å². The molecule has 0 heterocycles. The number of sulfonamides is 1. The summed E-state index contributed by atoms with van der Waals surface area (Å²) in [5.41, 5.74) is -0.425. The van der Waals surface area contributed by atoms with Gasteiger partial charge in [-0.05, 0) is 32.9 Å². The predicted octanol–water partition coefficient (Wildman–Crippen LogP) is 0.897. The Morgan fingerprint density at radius 2 is 1.73 bits per heavy atom. The van der Waals surface area contributed by atoms with Crippen LogP contribution in [0.5, 0.6) is 11.5 Å². The topological polar surface area (TPSA) is 93.7 Å². The van der Waals surface area contributed by atoms with Gasteiger partial charge in [-0.25, -0.2) is 13.1 Å². The second kappa shape index (κ2) is 6.97. The minimum atomic E-state index is -3.81. The molecule has 2 N–H and O–H groups in total. The van der Waals surface area contributed by atoms with E-state index in [-0.39, 0.29) is 11.4 Å². The van der Waals surface area contributed by atoms with E-state index in [0.29, 0.717) is 11.5 Å². The number of methoxy groups -OCH3 is 2. The first-order valence-corrected chi connectivity index (χ1v) is 8.10. The third kappa shape index (κ3) is 5.19. The third-order valence-electron chi connectivity index (χ3n) is 2.60. The van der Waals surface area contributed by atoms with Gasteiger partial charge in [0.15, 0.2) is 11.5 Å². The van der Waals surface area contributed by atoms with Crippen molar-refractivity contribution in [1.29, 1.82) is 0 Å². The summed E-state index contributed by atoms with van der Waals surface area (Å²) < 4.78 is 36.7. The maximum Gasteiger partial charge on any atom is 0.241 e. The van der Waals surface area contributed by atoms with Crippen LogP contribution in [0.15, 0.2) is 23.1 Å². The summed E-state index contributed by atoms with van der Waals surface area (Å²) in [6.07, 6.45) is 0. The van der Waals surface area contributed by atoms with Crippen LogP contribution in [0.4, 0.5) is 0 Å². The van der Waals surface area contributed by atoms with Crippen LogP contribution in [0.1, 0.15) is 20.8 Å². The van der Waals surface area contributed by atoms with E-state index in [9.17, 15) is 13.2 Å². The summed E-state index contributed by atoms with van der Waals surface area (Å²) in [5.74, 6) is 0.313. The van der Waals surface area contributed by atoms with Gasteiger partial charge in [-0.15, -0.1) is 0 Å². The Bertz CT molecular complexity index is 635. The number of amides is 1. The molecule has 7 nitrogen and oxygen atoms in total. The number of benzene rings is 1. The zero-order valence-electron chi connectivity index (χ0n) is 13.4. The predicted molar refractivity (Wildman–Crippen MR) is 82.6 cm³/mol. The monoisotopic (exact) mass is 330 g/mol. The standard InChI is InChI=1S/C14H22N2O5S/c1-14(2,3)16-13(17)9-15-22(18,19)10-6-7-11(20-4)12(8-10)21-5/h6-8,15H,9H2,1-5H3,(H,16,17). The summed E-state index contributed by atoms with van der Waals surface area (Å²) >= 11 is 0. The average molecular weight is 330 g/mol. The number of carbonyl (C=O) groups excluding carboxylic acids is 1. The van der Waals surface area contributed by atoms with Crippen molar-refractivity contribution in [3.05, 3.63) is 18.2 Å². The van der Waals surface area contributed by atoms with Crippen LogP contribution >= 0.6 is 0 Å². The van der Waals surface area contributed by atoms with Crippen molar-refractivity contribution in [2.75, 3.05) is 20.8 Å². The van der Waals surface area contributed by atoms with Crippen molar-refractivity contribution >= 4 is 15.9 Å². The quantitative estimate of drug-likeness (QED) is 0.808. The Labute approximate surface area is 131 Å². The molecule has 0 radical (unpaired) electrons. The van der Waals surface area contributed by atoms with Gasteiger partial charge in [0.2, 0.25) is 15.9 Å². The van der Waals surface area contributed by atoms with Crippen LogP contribution < -0.4 is 19.5 Å². The van der Waals surface area contributed by atoms with Crippen molar-refractivity contribution in [2.24, 2.45) is 0 Å². The fraction of sp³-hybridized carbons (Fsp3) is 0.500. The second-order valence-electron chi connectivity index (χ2n) is 5.64. The van der Waals surface area contributed by atoms with Gasteiger partial charge in [-0.2, -0.15) is 0 Å². The number of ether oxygens (including phenoxy) is 2. The highest BCUT2D eigenvalue weighted by Crippen LogP contribution is 2.29. The van der Waals surface area contributed by atoms with Crippen molar-refractivity contribution in [3.8, 4) is 11.5 Å². The van der Waals surface area contributed by atoms with Crippen LogP contribution in [0.3, 0.4) is 0 Å². The highest BCUT2D eigenvalue weighted by Gasteiger charge is 2.20. The molecule has 0 aliphatic rings. The Hall–Kier alpha value is -1.80. The molecule has 0 bridgehead atoms. The molecule has 1 aromatic carbocycles. The molecule has 0 aliphatic heterocycles. The fourth-order valence-corrected chi connectivity index (χ4v) is 2.69. The normalized spacial score (nSPS) is 11.9. The van der Waals surface area contributed by atoms with Gasteiger partial charge in [-0.3, -0.25) is 4.79 Å². The lowest BCUT2D eigenvalue weighted by atomic mass is 10.1. The summed E-state index contributed by atoms with van der Waals surface area (Å²) in [6.45, 7) is 5.10. The molecule has 0 saturated heterocycles. The first-order chi connectivity index (χ1) is 10.1. The Morgan fingerprint density at radius 3 is 2.23 bits per heavy atom. The van der Waals surface area contributed by atoms with E-state index in [1.807, 2.05) is 20.8 Å². The molecule has 8 heteroatoms. The molecule has 0 unspecified atom stereocenters. The number of carbonyl (C=O) groups is 1. The highest BCUT2D eigenvalue weighted by molar-refractivity contribution is 7.89. The molecule has 1 amide bonds. The minimum absolute atomic E-state index is 0.00583. The summed E-state index contributed by atoms with van der Waals surface area (Å²) in [6, 6.07) is 4.21. The van der Waals surface area contributed by atoms with Crippen molar-refractivity contribution < 1.29 is 22.7 Å². The van der Waals surface area contributed by atoms with E-state index in [0.717, 1.165) is 0 Å². The van der Waals surface area contributed by atoms with E-state index in [1.54, 1.807) is 0 Å². The lowest BCUT2D eigenvalue weighted by Crippen LogP contribution is -2.45. The molecular weight excluding hydrogens is 308 g/mol. The smallest absolute Gasteiger partial charge is 0.241 e. The molecule has 124 valence electrons. The van der Waals surface area contributed by atoms with E-state index >= 15 is 0 Å². The van der Waals surface area contributed by atoms with Gasteiger partial charge in [0, 0.05) is 11.6 Å². The SMILES string of the molecule is COc1ccc(S(=O)(=O)NCC(=O)NC(C)(C)C)cc1OC. The van der Waals surface area contributed by atoms with Gasteiger partial charge < -0.3 is 14.8 Å².